The molecule has 4 heteroatoms. The maximum atomic E-state index is 11.3. The van der Waals surface area contributed by atoms with E-state index in [1.54, 1.807) is 24.8 Å². The van der Waals surface area contributed by atoms with E-state index in [4.69, 9.17) is 5.11 Å². The topological polar surface area (TPSA) is 49.3 Å². The monoisotopic (exact) mass is 251 g/mol. The number of hydrogen-bond acceptors (Lipinski definition) is 3. The van der Waals surface area contributed by atoms with Crippen LogP contribution in [-0.4, -0.2) is 29.9 Å². The van der Waals surface area contributed by atoms with E-state index < -0.39 is 6.10 Å². The summed E-state index contributed by atoms with van der Waals surface area (Å²) in [5.41, 5.74) is 0.981. The Labute approximate surface area is 106 Å². The van der Waals surface area contributed by atoms with Crippen molar-refractivity contribution in [3.63, 3.8) is 0 Å². The molecule has 1 aromatic rings. The zero-order valence-corrected chi connectivity index (χ0v) is 10.8. The van der Waals surface area contributed by atoms with Crippen LogP contribution >= 0.6 is 11.8 Å². The van der Waals surface area contributed by atoms with Crippen LogP contribution in [0.25, 0.3) is 6.08 Å². The Morgan fingerprint density at radius 2 is 2.12 bits per heavy atom. The number of carbonyl (C=O) groups excluding carboxylic acids is 1. The van der Waals surface area contributed by atoms with Gasteiger partial charge in [0.05, 0.1) is 6.10 Å². The molecule has 2 N–H and O–H groups in total. The third-order valence-corrected chi connectivity index (χ3v) is 2.86. The first kappa shape index (κ1) is 13.8. The Balaban J connectivity index is 2.49. The minimum absolute atomic E-state index is 0.195. The van der Waals surface area contributed by atoms with E-state index in [0.29, 0.717) is 0 Å². The van der Waals surface area contributed by atoms with Gasteiger partial charge in [-0.05, 0) is 37.0 Å². The van der Waals surface area contributed by atoms with Gasteiger partial charge >= 0.3 is 0 Å². The van der Waals surface area contributed by atoms with Gasteiger partial charge in [0.2, 0.25) is 5.91 Å². The van der Waals surface area contributed by atoms with E-state index in [1.165, 1.54) is 11.0 Å². The number of nitrogens with one attached hydrogen (secondary N) is 1. The molecule has 0 heterocycles. The molecule has 0 saturated heterocycles. The van der Waals surface area contributed by atoms with Crippen LogP contribution in [0, 0.1) is 0 Å². The molecule has 0 fully saturated rings. The number of benzene rings is 1. The van der Waals surface area contributed by atoms with Crippen molar-refractivity contribution < 1.29 is 9.90 Å². The highest BCUT2D eigenvalue weighted by Crippen LogP contribution is 2.15. The second kappa shape index (κ2) is 7.14. The standard InChI is InChI=1S/C13H17NO2S/c1-10(15)9-14-13(16)8-5-11-3-6-12(17-2)7-4-11/h3-8,10,15H,9H2,1-2H3,(H,14,16)/b8-5+. The van der Waals surface area contributed by atoms with E-state index >= 15 is 0 Å². The molecular weight excluding hydrogens is 234 g/mol. The Bertz CT molecular complexity index is 385. The number of rotatable bonds is 5. The fraction of sp³-hybridized carbons (Fsp3) is 0.308. The highest BCUT2D eigenvalue weighted by atomic mass is 32.2. The summed E-state index contributed by atoms with van der Waals surface area (Å²) in [5.74, 6) is -0.195. The zero-order chi connectivity index (χ0) is 12.7. The normalized spacial score (nSPS) is 12.6. The molecule has 0 aliphatic rings. The number of carbonyl (C=O) groups is 1. The summed E-state index contributed by atoms with van der Waals surface area (Å²) in [7, 11) is 0. The highest BCUT2D eigenvalue weighted by Gasteiger charge is 1.98. The SMILES string of the molecule is CSc1ccc(/C=C/C(=O)NCC(C)O)cc1. The number of hydrogen-bond donors (Lipinski definition) is 2. The molecule has 1 aromatic carbocycles. The molecule has 0 aliphatic heterocycles. The molecule has 0 bridgehead atoms. The van der Waals surface area contributed by atoms with Gasteiger partial charge in [0.25, 0.3) is 0 Å². The van der Waals surface area contributed by atoms with Crippen molar-refractivity contribution >= 4 is 23.7 Å². The Morgan fingerprint density at radius 3 is 2.65 bits per heavy atom. The molecule has 3 nitrogen and oxygen atoms in total. The summed E-state index contributed by atoms with van der Waals surface area (Å²) in [6.45, 7) is 1.90. The lowest BCUT2D eigenvalue weighted by Gasteiger charge is -2.03. The smallest absolute Gasteiger partial charge is 0.244 e. The molecule has 1 unspecified atom stereocenters. The highest BCUT2D eigenvalue weighted by molar-refractivity contribution is 7.98. The average molecular weight is 251 g/mol. The molecule has 92 valence electrons. The van der Waals surface area contributed by atoms with Crippen molar-refractivity contribution in [2.45, 2.75) is 17.9 Å². The largest absolute Gasteiger partial charge is 0.392 e. The van der Waals surface area contributed by atoms with Crippen LogP contribution in [0.1, 0.15) is 12.5 Å². The van der Waals surface area contributed by atoms with Crippen LogP contribution < -0.4 is 5.32 Å². The lowest BCUT2D eigenvalue weighted by atomic mass is 10.2. The number of thioether (sulfide) groups is 1. The maximum absolute atomic E-state index is 11.3. The van der Waals surface area contributed by atoms with Gasteiger partial charge in [0.15, 0.2) is 0 Å². The molecule has 1 atom stereocenters. The van der Waals surface area contributed by atoms with Crippen LogP contribution in [0.4, 0.5) is 0 Å². The first-order valence-electron chi connectivity index (χ1n) is 5.40. The molecule has 1 amide bonds. The van der Waals surface area contributed by atoms with Crippen LogP contribution in [0.15, 0.2) is 35.2 Å². The quantitative estimate of drug-likeness (QED) is 0.621. The summed E-state index contributed by atoms with van der Waals surface area (Å²) in [6.07, 6.45) is 4.72. The predicted molar refractivity (Wildman–Crippen MR) is 71.9 cm³/mol. The van der Waals surface area contributed by atoms with E-state index in [2.05, 4.69) is 5.32 Å². The third-order valence-electron chi connectivity index (χ3n) is 2.11. The minimum Gasteiger partial charge on any atom is -0.392 e. The molecule has 17 heavy (non-hydrogen) atoms. The number of amides is 1. The van der Waals surface area contributed by atoms with Crippen LogP contribution in [-0.2, 0) is 4.79 Å². The molecule has 0 aliphatic carbocycles. The molecule has 1 rings (SSSR count). The molecule has 0 saturated carbocycles. The van der Waals surface area contributed by atoms with Gasteiger partial charge in [0, 0.05) is 17.5 Å². The van der Waals surface area contributed by atoms with Crippen LogP contribution in [0.3, 0.4) is 0 Å². The Hall–Kier alpha value is -1.26. The summed E-state index contributed by atoms with van der Waals surface area (Å²) in [5, 5.41) is 11.6. The lowest BCUT2D eigenvalue weighted by molar-refractivity contribution is -0.116. The van der Waals surface area contributed by atoms with Crippen LogP contribution in [0.2, 0.25) is 0 Å². The van der Waals surface area contributed by atoms with Gasteiger partial charge in [-0.1, -0.05) is 12.1 Å². The van der Waals surface area contributed by atoms with Crippen molar-refractivity contribution in [1.82, 2.24) is 5.32 Å². The second-order valence-corrected chi connectivity index (χ2v) is 4.58. The maximum Gasteiger partial charge on any atom is 0.244 e. The minimum atomic E-state index is -0.520. The Morgan fingerprint density at radius 1 is 1.47 bits per heavy atom. The summed E-state index contributed by atoms with van der Waals surface area (Å²) < 4.78 is 0. The number of aliphatic hydroxyl groups excluding tert-OH is 1. The van der Waals surface area contributed by atoms with Gasteiger partial charge in [-0.25, -0.2) is 0 Å². The zero-order valence-electron chi connectivity index (χ0n) is 10.0. The van der Waals surface area contributed by atoms with Gasteiger partial charge in [-0.15, -0.1) is 11.8 Å². The van der Waals surface area contributed by atoms with E-state index in [0.717, 1.165) is 5.56 Å². The summed E-state index contributed by atoms with van der Waals surface area (Å²) >= 11 is 1.68. The van der Waals surface area contributed by atoms with Crippen molar-refractivity contribution in [2.24, 2.45) is 0 Å². The second-order valence-electron chi connectivity index (χ2n) is 3.70. The molecular formula is C13H17NO2S. The molecule has 0 radical (unpaired) electrons. The van der Waals surface area contributed by atoms with Gasteiger partial charge < -0.3 is 10.4 Å². The molecule has 0 spiro atoms. The average Bonchev–Trinajstić information content (AvgIpc) is 2.34. The first-order chi connectivity index (χ1) is 8.11. The predicted octanol–water partition coefficient (Wildman–Crippen LogP) is 1.92. The van der Waals surface area contributed by atoms with E-state index in [1.807, 2.05) is 30.5 Å². The van der Waals surface area contributed by atoms with Gasteiger partial charge in [-0.3, -0.25) is 4.79 Å². The number of aliphatic hydroxyl groups is 1. The van der Waals surface area contributed by atoms with Gasteiger partial charge in [-0.2, -0.15) is 0 Å². The Kier molecular flexibility index (Phi) is 5.80. The first-order valence-corrected chi connectivity index (χ1v) is 6.62. The van der Waals surface area contributed by atoms with E-state index in [-0.39, 0.29) is 12.5 Å². The third kappa shape index (κ3) is 5.56. The molecule has 0 aromatic heterocycles. The van der Waals surface area contributed by atoms with E-state index in [9.17, 15) is 4.79 Å². The fourth-order valence-corrected chi connectivity index (χ4v) is 1.60. The van der Waals surface area contributed by atoms with Crippen molar-refractivity contribution in [1.29, 1.82) is 0 Å². The summed E-state index contributed by atoms with van der Waals surface area (Å²) in [6, 6.07) is 7.95. The van der Waals surface area contributed by atoms with Gasteiger partial charge in [0.1, 0.15) is 0 Å². The summed E-state index contributed by atoms with van der Waals surface area (Å²) in [4.78, 5) is 12.5. The van der Waals surface area contributed by atoms with Crippen molar-refractivity contribution in [3.8, 4) is 0 Å². The lowest BCUT2D eigenvalue weighted by Crippen LogP contribution is -2.28. The van der Waals surface area contributed by atoms with Crippen molar-refractivity contribution in [2.75, 3.05) is 12.8 Å². The van der Waals surface area contributed by atoms with Crippen molar-refractivity contribution in [3.05, 3.63) is 35.9 Å². The fourth-order valence-electron chi connectivity index (χ4n) is 1.19. The van der Waals surface area contributed by atoms with Crippen LogP contribution in [0.5, 0.6) is 0 Å².